The molecule has 4 amide bonds. The molecule has 1 aliphatic carbocycles. The first-order chi connectivity index (χ1) is 12.4. The van der Waals surface area contributed by atoms with Crippen molar-refractivity contribution in [2.75, 3.05) is 11.4 Å². The number of urea groups is 1. The van der Waals surface area contributed by atoms with Gasteiger partial charge in [-0.05, 0) is 43.9 Å². The van der Waals surface area contributed by atoms with Crippen LogP contribution in [0.15, 0.2) is 24.3 Å². The van der Waals surface area contributed by atoms with Crippen LogP contribution in [0.3, 0.4) is 0 Å². The zero-order valence-electron chi connectivity index (χ0n) is 14.2. The lowest BCUT2D eigenvalue weighted by molar-refractivity contribution is -0.142. The predicted molar refractivity (Wildman–Crippen MR) is 92.8 cm³/mol. The number of carboxylic acid groups (broad SMARTS) is 1. The summed E-state index contributed by atoms with van der Waals surface area (Å²) in [7, 11) is 0. The molecule has 0 spiro atoms. The zero-order chi connectivity index (χ0) is 18.7. The molecule has 0 unspecified atom stereocenters. The Hall–Kier alpha value is -2.90. The number of carbonyl (C=O) groups is 4. The minimum Gasteiger partial charge on any atom is -0.481 e. The summed E-state index contributed by atoms with van der Waals surface area (Å²) in [4.78, 5) is 48.1. The van der Waals surface area contributed by atoms with Crippen molar-refractivity contribution in [1.29, 1.82) is 0 Å². The third kappa shape index (κ3) is 4.01. The molecular formula is C18H21N3O5. The van der Waals surface area contributed by atoms with E-state index in [4.69, 9.17) is 5.11 Å². The molecule has 1 saturated heterocycles. The van der Waals surface area contributed by atoms with Crippen molar-refractivity contribution >= 4 is 29.5 Å². The van der Waals surface area contributed by atoms with Crippen LogP contribution < -0.4 is 15.5 Å². The second-order valence-electron chi connectivity index (χ2n) is 6.67. The zero-order valence-corrected chi connectivity index (χ0v) is 14.2. The number of amides is 4. The number of imide groups is 1. The highest BCUT2D eigenvalue weighted by molar-refractivity contribution is 6.06. The number of nitrogens with zero attached hydrogens (tertiary/aromatic N) is 1. The summed E-state index contributed by atoms with van der Waals surface area (Å²) < 4.78 is 0. The molecule has 0 aromatic heterocycles. The number of aliphatic carboxylic acids is 1. The fourth-order valence-corrected chi connectivity index (χ4v) is 3.38. The largest absolute Gasteiger partial charge is 0.481 e. The van der Waals surface area contributed by atoms with Crippen LogP contribution in [0.2, 0.25) is 0 Å². The van der Waals surface area contributed by atoms with E-state index in [2.05, 4.69) is 10.6 Å². The predicted octanol–water partition coefficient (Wildman–Crippen LogP) is 1.51. The summed E-state index contributed by atoms with van der Waals surface area (Å²) in [5, 5.41) is 14.2. The number of rotatable bonds is 4. The Morgan fingerprint density at radius 3 is 2.54 bits per heavy atom. The molecule has 0 atom stereocenters. The van der Waals surface area contributed by atoms with Gasteiger partial charge in [0.15, 0.2) is 0 Å². The van der Waals surface area contributed by atoms with E-state index in [1.54, 1.807) is 24.3 Å². The standard InChI is InChI=1S/C18H21N3O5/c22-15-8-9-21(18(26)20-15)14-3-1-2-12(10-14)16(23)19-13-6-4-11(5-7-13)17(24)25/h1-3,10-11,13H,4-9H2,(H,19,23)(H,24,25)(H,20,22,26). The lowest BCUT2D eigenvalue weighted by atomic mass is 9.86. The van der Waals surface area contributed by atoms with E-state index in [-0.39, 0.29) is 36.7 Å². The SMILES string of the molecule is O=C1CCN(c2cccc(C(=O)NC3CCC(C(=O)O)CC3)c2)C(=O)N1. The van der Waals surface area contributed by atoms with Crippen molar-refractivity contribution in [2.45, 2.75) is 38.1 Å². The fourth-order valence-electron chi connectivity index (χ4n) is 3.38. The van der Waals surface area contributed by atoms with Gasteiger partial charge in [0.2, 0.25) is 5.91 Å². The first-order valence-electron chi connectivity index (χ1n) is 8.69. The monoisotopic (exact) mass is 359 g/mol. The van der Waals surface area contributed by atoms with Crippen LogP contribution in [-0.4, -0.2) is 41.5 Å². The van der Waals surface area contributed by atoms with E-state index in [1.807, 2.05) is 0 Å². The Bertz CT molecular complexity index is 740. The van der Waals surface area contributed by atoms with Gasteiger partial charge in [-0.1, -0.05) is 6.07 Å². The molecule has 2 aliphatic rings. The Kier molecular flexibility index (Phi) is 5.20. The Morgan fingerprint density at radius 2 is 1.88 bits per heavy atom. The second-order valence-corrected chi connectivity index (χ2v) is 6.67. The molecule has 1 aliphatic heterocycles. The normalized spacial score (nSPS) is 23.3. The molecule has 138 valence electrons. The molecule has 3 rings (SSSR count). The van der Waals surface area contributed by atoms with Gasteiger partial charge in [-0.3, -0.25) is 24.6 Å². The molecule has 8 nitrogen and oxygen atoms in total. The molecule has 26 heavy (non-hydrogen) atoms. The van der Waals surface area contributed by atoms with Crippen molar-refractivity contribution in [1.82, 2.24) is 10.6 Å². The maximum atomic E-state index is 12.5. The molecular weight excluding hydrogens is 338 g/mol. The van der Waals surface area contributed by atoms with Crippen molar-refractivity contribution in [3.63, 3.8) is 0 Å². The molecule has 1 heterocycles. The average molecular weight is 359 g/mol. The van der Waals surface area contributed by atoms with Crippen molar-refractivity contribution in [3.05, 3.63) is 29.8 Å². The quantitative estimate of drug-likeness (QED) is 0.753. The summed E-state index contributed by atoms with van der Waals surface area (Å²) in [5.74, 6) is -1.66. The van der Waals surface area contributed by atoms with E-state index in [1.165, 1.54) is 4.90 Å². The molecule has 1 saturated carbocycles. The third-order valence-corrected chi connectivity index (χ3v) is 4.89. The van der Waals surface area contributed by atoms with E-state index < -0.39 is 12.0 Å². The maximum Gasteiger partial charge on any atom is 0.328 e. The highest BCUT2D eigenvalue weighted by Crippen LogP contribution is 2.25. The van der Waals surface area contributed by atoms with Crippen molar-refractivity contribution in [2.24, 2.45) is 5.92 Å². The average Bonchev–Trinajstić information content (AvgIpc) is 2.62. The minimum atomic E-state index is -0.777. The van der Waals surface area contributed by atoms with Gasteiger partial charge in [0.05, 0.1) is 5.92 Å². The fraction of sp³-hybridized carbons (Fsp3) is 0.444. The maximum absolute atomic E-state index is 12.5. The highest BCUT2D eigenvalue weighted by Gasteiger charge is 2.28. The van der Waals surface area contributed by atoms with Crippen LogP contribution in [0.5, 0.6) is 0 Å². The van der Waals surface area contributed by atoms with E-state index >= 15 is 0 Å². The van der Waals surface area contributed by atoms with Gasteiger partial charge < -0.3 is 10.4 Å². The first-order valence-corrected chi connectivity index (χ1v) is 8.69. The van der Waals surface area contributed by atoms with Crippen molar-refractivity contribution in [3.8, 4) is 0 Å². The number of hydrogen-bond donors (Lipinski definition) is 3. The molecule has 1 aromatic carbocycles. The molecule has 8 heteroatoms. The Labute approximate surface area is 150 Å². The molecule has 2 fully saturated rings. The summed E-state index contributed by atoms with van der Waals surface area (Å²) >= 11 is 0. The van der Waals surface area contributed by atoms with Gasteiger partial charge in [-0.25, -0.2) is 4.79 Å². The number of anilines is 1. The summed E-state index contributed by atoms with van der Waals surface area (Å²) in [5.41, 5.74) is 0.977. The Morgan fingerprint density at radius 1 is 1.15 bits per heavy atom. The summed E-state index contributed by atoms with van der Waals surface area (Å²) in [6.45, 7) is 0.273. The van der Waals surface area contributed by atoms with Crippen LogP contribution in [0.25, 0.3) is 0 Å². The van der Waals surface area contributed by atoms with E-state index in [9.17, 15) is 19.2 Å². The summed E-state index contributed by atoms with van der Waals surface area (Å²) in [6.07, 6.45) is 2.61. The number of carbonyl (C=O) groups excluding carboxylic acids is 3. The van der Waals surface area contributed by atoms with E-state index in [0.29, 0.717) is 36.9 Å². The van der Waals surface area contributed by atoms with Crippen LogP contribution in [-0.2, 0) is 9.59 Å². The molecule has 1 aromatic rings. The third-order valence-electron chi connectivity index (χ3n) is 4.89. The van der Waals surface area contributed by atoms with Gasteiger partial charge in [-0.2, -0.15) is 0 Å². The van der Waals surface area contributed by atoms with Crippen LogP contribution in [0, 0.1) is 5.92 Å². The molecule has 3 N–H and O–H groups in total. The van der Waals surface area contributed by atoms with Crippen molar-refractivity contribution < 1.29 is 24.3 Å². The molecule has 0 radical (unpaired) electrons. The minimum absolute atomic E-state index is 0.0438. The topological polar surface area (TPSA) is 116 Å². The van der Waals surface area contributed by atoms with Gasteiger partial charge in [0, 0.05) is 30.3 Å². The lowest BCUT2D eigenvalue weighted by Crippen LogP contribution is -2.49. The number of nitrogens with one attached hydrogen (secondary N) is 2. The van der Waals surface area contributed by atoms with Crippen LogP contribution in [0.4, 0.5) is 10.5 Å². The van der Waals surface area contributed by atoms with E-state index in [0.717, 1.165) is 0 Å². The number of hydrogen-bond acceptors (Lipinski definition) is 4. The van der Waals surface area contributed by atoms with Gasteiger partial charge >= 0.3 is 12.0 Å². The summed E-state index contributed by atoms with van der Waals surface area (Å²) in [6, 6.07) is 6.14. The first kappa shape index (κ1) is 17.9. The molecule has 0 bridgehead atoms. The smallest absolute Gasteiger partial charge is 0.328 e. The van der Waals surface area contributed by atoms with Crippen LogP contribution in [0.1, 0.15) is 42.5 Å². The number of benzene rings is 1. The van der Waals surface area contributed by atoms with Gasteiger partial charge in [-0.15, -0.1) is 0 Å². The van der Waals surface area contributed by atoms with Gasteiger partial charge in [0.25, 0.3) is 5.91 Å². The second kappa shape index (κ2) is 7.55. The highest BCUT2D eigenvalue weighted by atomic mass is 16.4. The lowest BCUT2D eigenvalue weighted by Gasteiger charge is -2.28. The number of carboxylic acids is 1. The van der Waals surface area contributed by atoms with Gasteiger partial charge in [0.1, 0.15) is 0 Å². The van der Waals surface area contributed by atoms with Crippen LogP contribution >= 0.6 is 0 Å². The Balaban J connectivity index is 1.63.